The van der Waals surface area contributed by atoms with Crippen molar-refractivity contribution in [2.45, 2.75) is 39.3 Å². The van der Waals surface area contributed by atoms with Crippen molar-refractivity contribution in [1.29, 1.82) is 0 Å². The summed E-state index contributed by atoms with van der Waals surface area (Å²) in [6, 6.07) is 23.2. The first-order valence-corrected chi connectivity index (χ1v) is 11.9. The molecule has 34 heavy (non-hydrogen) atoms. The van der Waals surface area contributed by atoms with Crippen molar-refractivity contribution in [3.63, 3.8) is 0 Å². The van der Waals surface area contributed by atoms with Gasteiger partial charge >= 0.3 is 0 Å². The monoisotopic (exact) mass is 470 g/mol. The highest BCUT2D eigenvalue weighted by Gasteiger charge is 2.42. The van der Waals surface area contributed by atoms with E-state index < -0.39 is 0 Å². The summed E-state index contributed by atoms with van der Waals surface area (Å²) in [5.41, 5.74) is 7.27. The average Bonchev–Trinajstić information content (AvgIpc) is 3.34. The van der Waals surface area contributed by atoms with Gasteiger partial charge in [-0.15, -0.1) is 0 Å². The highest BCUT2D eigenvalue weighted by atomic mass is 32.1. The van der Waals surface area contributed by atoms with Crippen LogP contribution in [0.3, 0.4) is 0 Å². The maximum atomic E-state index is 14.0. The first kappa shape index (κ1) is 22.3. The molecule has 2 atom stereocenters. The summed E-state index contributed by atoms with van der Waals surface area (Å²) < 4.78 is 16.2. The summed E-state index contributed by atoms with van der Waals surface area (Å²) in [5.74, 6) is -0.251. The van der Waals surface area contributed by atoms with E-state index in [0.29, 0.717) is 5.11 Å². The number of rotatable bonds is 5. The molecule has 4 nitrogen and oxygen atoms in total. The third kappa shape index (κ3) is 3.88. The number of aryl methyl sites for hydroxylation is 2. The maximum Gasteiger partial charge on any atom is 0.174 e. The maximum absolute atomic E-state index is 14.0. The molecular weight excluding hydrogens is 443 g/mol. The Labute approximate surface area is 205 Å². The summed E-state index contributed by atoms with van der Waals surface area (Å²) in [7, 11) is 0. The highest BCUT2D eigenvalue weighted by molar-refractivity contribution is 7.80. The third-order valence-electron chi connectivity index (χ3n) is 6.58. The van der Waals surface area contributed by atoms with Crippen LogP contribution in [0, 0.1) is 19.7 Å². The Balaban J connectivity index is 1.67. The van der Waals surface area contributed by atoms with E-state index in [4.69, 9.17) is 12.2 Å². The summed E-state index contributed by atoms with van der Waals surface area (Å²) in [6.45, 7) is 6.29. The molecule has 1 saturated heterocycles. The van der Waals surface area contributed by atoms with E-state index in [0.717, 1.165) is 40.4 Å². The lowest BCUT2D eigenvalue weighted by Crippen LogP contribution is -2.29. The van der Waals surface area contributed by atoms with Crippen LogP contribution in [0.2, 0.25) is 0 Å². The van der Waals surface area contributed by atoms with Crippen LogP contribution in [0.25, 0.3) is 5.69 Å². The summed E-state index contributed by atoms with van der Waals surface area (Å²) >= 11 is 5.86. The van der Waals surface area contributed by atoms with E-state index in [-0.39, 0.29) is 17.9 Å². The van der Waals surface area contributed by atoms with E-state index in [2.05, 4.69) is 70.9 Å². The first-order chi connectivity index (χ1) is 16.5. The average molecular weight is 471 g/mol. The SMILES string of the molecule is CCc1ccc(N2C(=S)N[C@H](c3ccccn3)[C@H]2c2cc(C)n(-c3cccc(F)c3)c2C)cc1. The Kier molecular flexibility index (Phi) is 5.92. The molecule has 5 rings (SSSR count). The second-order valence-corrected chi connectivity index (χ2v) is 9.05. The number of nitrogens with zero attached hydrogens (tertiary/aromatic N) is 3. The minimum Gasteiger partial charge on any atom is -0.351 e. The van der Waals surface area contributed by atoms with Gasteiger partial charge in [0.05, 0.1) is 17.8 Å². The van der Waals surface area contributed by atoms with Gasteiger partial charge in [-0.25, -0.2) is 4.39 Å². The molecule has 4 aromatic rings. The number of hydrogen-bond donors (Lipinski definition) is 1. The smallest absolute Gasteiger partial charge is 0.174 e. The zero-order valence-corrected chi connectivity index (χ0v) is 20.3. The second kappa shape index (κ2) is 9.03. The molecule has 6 heteroatoms. The van der Waals surface area contributed by atoms with Crippen LogP contribution in [-0.2, 0) is 6.42 Å². The van der Waals surface area contributed by atoms with Crippen LogP contribution >= 0.6 is 12.2 Å². The molecule has 0 radical (unpaired) electrons. The lowest BCUT2D eigenvalue weighted by molar-refractivity contribution is 0.565. The molecule has 0 bridgehead atoms. The van der Waals surface area contributed by atoms with Crippen molar-refractivity contribution in [2.24, 2.45) is 0 Å². The van der Waals surface area contributed by atoms with Crippen molar-refractivity contribution >= 4 is 23.0 Å². The van der Waals surface area contributed by atoms with Crippen molar-refractivity contribution in [1.82, 2.24) is 14.9 Å². The molecule has 1 aliphatic heterocycles. The van der Waals surface area contributed by atoms with Gasteiger partial charge < -0.3 is 14.8 Å². The molecule has 2 aromatic carbocycles. The number of thiocarbonyl (C=S) groups is 1. The Morgan fingerprint density at radius 1 is 0.971 bits per heavy atom. The number of hydrogen-bond acceptors (Lipinski definition) is 2. The van der Waals surface area contributed by atoms with Gasteiger partial charge in [0.15, 0.2) is 5.11 Å². The second-order valence-electron chi connectivity index (χ2n) is 8.66. The molecule has 172 valence electrons. The fourth-order valence-electron chi connectivity index (χ4n) is 4.94. The van der Waals surface area contributed by atoms with Gasteiger partial charge in [0.1, 0.15) is 5.82 Å². The number of anilines is 1. The van der Waals surface area contributed by atoms with E-state index in [1.54, 1.807) is 12.1 Å². The third-order valence-corrected chi connectivity index (χ3v) is 6.89. The van der Waals surface area contributed by atoms with E-state index in [1.807, 2.05) is 30.5 Å². The van der Waals surface area contributed by atoms with Crippen LogP contribution < -0.4 is 10.2 Å². The molecular formula is C28H27FN4S. The largest absolute Gasteiger partial charge is 0.351 e. The number of pyridine rings is 1. The summed E-state index contributed by atoms with van der Waals surface area (Å²) in [6.07, 6.45) is 2.80. The van der Waals surface area contributed by atoms with E-state index in [1.165, 1.54) is 11.6 Å². The van der Waals surface area contributed by atoms with Gasteiger partial charge in [0, 0.05) is 29.0 Å². The Bertz CT molecular complexity index is 1330. The lowest BCUT2D eigenvalue weighted by atomic mass is 9.96. The zero-order valence-electron chi connectivity index (χ0n) is 19.5. The molecule has 0 saturated carbocycles. The molecule has 0 amide bonds. The number of nitrogens with one attached hydrogen (secondary N) is 1. The van der Waals surface area contributed by atoms with Crippen LogP contribution in [-0.4, -0.2) is 14.7 Å². The quantitative estimate of drug-likeness (QED) is 0.344. The molecule has 0 spiro atoms. The van der Waals surface area contributed by atoms with Crippen molar-refractivity contribution < 1.29 is 4.39 Å². The number of aromatic nitrogens is 2. The molecule has 2 aromatic heterocycles. The normalized spacial score (nSPS) is 17.8. The van der Waals surface area contributed by atoms with Crippen molar-refractivity contribution in [3.8, 4) is 5.69 Å². The highest BCUT2D eigenvalue weighted by Crippen LogP contribution is 2.43. The minimum atomic E-state index is -0.251. The number of halogens is 1. The van der Waals surface area contributed by atoms with Gasteiger partial charge in [0.2, 0.25) is 0 Å². The topological polar surface area (TPSA) is 33.1 Å². The minimum absolute atomic E-state index is 0.108. The Morgan fingerprint density at radius 2 is 1.76 bits per heavy atom. The van der Waals surface area contributed by atoms with Crippen molar-refractivity contribution in [3.05, 3.63) is 113 Å². The Morgan fingerprint density at radius 3 is 2.44 bits per heavy atom. The van der Waals surface area contributed by atoms with Gasteiger partial charge in [-0.3, -0.25) is 4.98 Å². The van der Waals surface area contributed by atoms with Gasteiger partial charge in [-0.2, -0.15) is 0 Å². The van der Waals surface area contributed by atoms with Crippen LogP contribution in [0.15, 0.2) is 79.0 Å². The fraction of sp³-hybridized carbons (Fsp3) is 0.214. The fourth-order valence-corrected chi connectivity index (χ4v) is 5.29. The van der Waals surface area contributed by atoms with Crippen LogP contribution in [0.4, 0.5) is 10.1 Å². The predicted molar refractivity (Wildman–Crippen MR) is 139 cm³/mol. The Hall–Kier alpha value is -3.51. The lowest BCUT2D eigenvalue weighted by Gasteiger charge is -2.28. The van der Waals surface area contributed by atoms with Gasteiger partial charge in [-0.05, 0) is 92.1 Å². The van der Waals surface area contributed by atoms with E-state index in [9.17, 15) is 4.39 Å². The predicted octanol–water partition coefficient (Wildman–Crippen LogP) is 6.37. The molecule has 1 aliphatic rings. The molecule has 1 N–H and O–H groups in total. The molecule has 1 fully saturated rings. The summed E-state index contributed by atoms with van der Waals surface area (Å²) in [5, 5.41) is 4.19. The standard InChI is InChI=1S/C28H27FN4S/c1-4-20-11-13-22(14-12-20)33-27(26(31-28(33)34)25-10-5-6-15-30-25)24-16-18(2)32(19(24)3)23-9-7-8-21(29)17-23/h5-17,26-27H,4H2,1-3H3,(H,31,34)/t26-,27-/m1/s1. The van der Waals surface area contributed by atoms with Gasteiger partial charge in [-0.1, -0.05) is 31.2 Å². The molecule has 0 aliphatic carbocycles. The summed E-state index contributed by atoms with van der Waals surface area (Å²) in [4.78, 5) is 6.84. The molecule has 0 unspecified atom stereocenters. The van der Waals surface area contributed by atoms with Crippen molar-refractivity contribution in [2.75, 3.05) is 4.90 Å². The first-order valence-electron chi connectivity index (χ1n) is 11.5. The van der Waals surface area contributed by atoms with Gasteiger partial charge in [0.25, 0.3) is 0 Å². The van der Waals surface area contributed by atoms with Crippen LogP contribution in [0.5, 0.6) is 0 Å². The van der Waals surface area contributed by atoms with E-state index >= 15 is 0 Å². The zero-order chi connectivity index (χ0) is 23.8. The van der Waals surface area contributed by atoms with Crippen LogP contribution in [0.1, 0.15) is 47.2 Å². The molecule has 3 heterocycles. The number of benzene rings is 2.